The molecule has 0 aliphatic carbocycles. The van der Waals surface area contributed by atoms with Crippen molar-refractivity contribution in [3.63, 3.8) is 0 Å². The minimum absolute atomic E-state index is 0.410. The Morgan fingerprint density at radius 2 is 2.05 bits per heavy atom. The van der Waals surface area contributed by atoms with E-state index >= 15 is 0 Å². The molecule has 19 heavy (non-hydrogen) atoms. The Labute approximate surface area is 120 Å². The van der Waals surface area contributed by atoms with Gasteiger partial charge in [-0.25, -0.2) is 9.97 Å². The molecule has 0 aliphatic heterocycles. The van der Waals surface area contributed by atoms with Crippen molar-refractivity contribution >= 4 is 22.8 Å². The van der Waals surface area contributed by atoms with Gasteiger partial charge in [0.05, 0.1) is 0 Å². The van der Waals surface area contributed by atoms with Crippen molar-refractivity contribution < 1.29 is 0 Å². The Balaban J connectivity index is 2.52. The van der Waals surface area contributed by atoms with Crippen molar-refractivity contribution in [3.05, 3.63) is 24.2 Å². The predicted molar refractivity (Wildman–Crippen MR) is 80.7 cm³/mol. The molecule has 1 atom stereocenters. The van der Waals surface area contributed by atoms with Crippen molar-refractivity contribution in [2.45, 2.75) is 46.1 Å². The molecule has 1 unspecified atom stereocenters. The van der Waals surface area contributed by atoms with E-state index in [0.717, 1.165) is 23.4 Å². The highest BCUT2D eigenvalue weighted by Crippen LogP contribution is 2.29. The summed E-state index contributed by atoms with van der Waals surface area (Å²) in [5, 5.41) is 0. The molecule has 0 radical (unpaired) electrons. The highest BCUT2D eigenvalue weighted by atomic mass is 35.5. The van der Waals surface area contributed by atoms with Gasteiger partial charge in [0.2, 0.25) is 0 Å². The second-order valence-electron chi connectivity index (χ2n) is 5.00. The summed E-state index contributed by atoms with van der Waals surface area (Å²) in [5.74, 6) is 2.30. The van der Waals surface area contributed by atoms with Crippen LogP contribution in [0.3, 0.4) is 0 Å². The zero-order valence-electron chi connectivity index (χ0n) is 11.9. The van der Waals surface area contributed by atoms with Gasteiger partial charge in [0.25, 0.3) is 0 Å². The SMILES string of the molecule is CCC(CC)C(C)n1c(CCCl)nc2cccnc21. The van der Waals surface area contributed by atoms with Gasteiger partial charge in [-0.05, 0) is 25.0 Å². The lowest BCUT2D eigenvalue weighted by Crippen LogP contribution is -2.18. The van der Waals surface area contributed by atoms with Crippen LogP contribution in [0.5, 0.6) is 0 Å². The van der Waals surface area contributed by atoms with E-state index in [-0.39, 0.29) is 0 Å². The van der Waals surface area contributed by atoms with Crippen molar-refractivity contribution in [3.8, 4) is 0 Å². The van der Waals surface area contributed by atoms with E-state index in [2.05, 4.69) is 30.3 Å². The van der Waals surface area contributed by atoms with Crippen molar-refractivity contribution in [2.24, 2.45) is 5.92 Å². The number of pyridine rings is 1. The largest absolute Gasteiger partial charge is 0.310 e. The summed E-state index contributed by atoms with van der Waals surface area (Å²) in [6.45, 7) is 6.77. The quantitative estimate of drug-likeness (QED) is 0.742. The molecular formula is C15H22ClN3. The van der Waals surface area contributed by atoms with E-state index in [9.17, 15) is 0 Å². The molecule has 0 spiro atoms. The van der Waals surface area contributed by atoms with Crippen LogP contribution in [0.1, 0.15) is 45.5 Å². The van der Waals surface area contributed by atoms with E-state index in [4.69, 9.17) is 16.6 Å². The average molecular weight is 280 g/mol. The molecule has 3 nitrogen and oxygen atoms in total. The van der Waals surface area contributed by atoms with Gasteiger partial charge in [0.15, 0.2) is 5.65 Å². The van der Waals surface area contributed by atoms with Crippen LogP contribution in [0.25, 0.3) is 11.2 Å². The van der Waals surface area contributed by atoms with Gasteiger partial charge in [0, 0.05) is 24.5 Å². The van der Waals surface area contributed by atoms with Gasteiger partial charge in [-0.15, -0.1) is 11.6 Å². The fourth-order valence-electron chi connectivity index (χ4n) is 2.85. The Morgan fingerprint density at radius 3 is 2.68 bits per heavy atom. The number of fused-ring (bicyclic) bond motifs is 1. The first kappa shape index (κ1) is 14.3. The monoisotopic (exact) mass is 279 g/mol. The molecular weight excluding hydrogens is 258 g/mol. The molecule has 0 aromatic carbocycles. The van der Waals surface area contributed by atoms with Crippen LogP contribution >= 0.6 is 11.6 Å². The summed E-state index contributed by atoms with van der Waals surface area (Å²) in [6.07, 6.45) is 4.97. The average Bonchev–Trinajstić information content (AvgIpc) is 2.78. The summed E-state index contributed by atoms with van der Waals surface area (Å²) < 4.78 is 2.29. The highest BCUT2D eigenvalue weighted by molar-refractivity contribution is 6.17. The lowest BCUT2D eigenvalue weighted by atomic mass is 9.95. The molecule has 0 saturated carbocycles. The third-order valence-electron chi connectivity index (χ3n) is 3.98. The van der Waals surface area contributed by atoms with E-state index in [1.165, 1.54) is 12.8 Å². The third kappa shape index (κ3) is 2.76. The smallest absolute Gasteiger partial charge is 0.160 e. The van der Waals surface area contributed by atoms with Gasteiger partial charge in [0.1, 0.15) is 11.3 Å². The van der Waals surface area contributed by atoms with Crippen LogP contribution < -0.4 is 0 Å². The number of rotatable bonds is 6. The molecule has 104 valence electrons. The van der Waals surface area contributed by atoms with Gasteiger partial charge in [-0.1, -0.05) is 26.7 Å². The second kappa shape index (κ2) is 6.38. The fraction of sp³-hybridized carbons (Fsp3) is 0.600. The van der Waals surface area contributed by atoms with E-state index in [1.807, 2.05) is 18.3 Å². The summed E-state index contributed by atoms with van der Waals surface area (Å²) in [7, 11) is 0. The van der Waals surface area contributed by atoms with Crippen LogP contribution in [0.15, 0.2) is 18.3 Å². The normalized spacial score (nSPS) is 13.3. The minimum Gasteiger partial charge on any atom is -0.310 e. The molecule has 2 heterocycles. The maximum atomic E-state index is 5.91. The lowest BCUT2D eigenvalue weighted by Gasteiger charge is -2.24. The molecule has 4 heteroatoms. The molecule has 2 aromatic heterocycles. The number of nitrogens with zero attached hydrogens (tertiary/aromatic N) is 3. The highest BCUT2D eigenvalue weighted by Gasteiger charge is 2.21. The van der Waals surface area contributed by atoms with E-state index in [1.54, 1.807) is 0 Å². The van der Waals surface area contributed by atoms with Crippen LogP contribution in [0.4, 0.5) is 0 Å². The van der Waals surface area contributed by atoms with Gasteiger partial charge in [-0.3, -0.25) is 0 Å². The van der Waals surface area contributed by atoms with E-state index < -0.39 is 0 Å². The zero-order chi connectivity index (χ0) is 13.8. The third-order valence-corrected chi connectivity index (χ3v) is 4.17. The predicted octanol–water partition coefficient (Wildman–Crippen LogP) is 4.21. The standard InChI is InChI=1S/C15H22ClN3/c1-4-12(5-2)11(3)19-14(8-9-16)18-13-7-6-10-17-15(13)19/h6-7,10-12H,4-5,8-9H2,1-3H3. The maximum Gasteiger partial charge on any atom is 0.160 e. The first-order valence-electron chi connectivity index (χ1n) is 7.10. The molecule has 0 bridgehead atoms. The Bertz CT molecular complexity index is 531. The first-order chi connectivity index (χ1) is 9.22. The number of hydrogen-bond acceptors (Lipinski definition) is 2. The van der Waals surface area contributed by atoms with Crippen LogP contribution in [0.2, 0.25) is 0 Å². The van der Waals surface area contributed by atoms with E-state index in [0.29, 0.717) is 17.8 Å². The number of imidazole rings is 1. The molecule has 0 amide bonds. The van der Waals surface area contributed by atoms with Crippen molar-refractivity contribution in [2.75, 3.05) is 5.88 Å². The number of hydrogen-bond donors (Lipinski definition) is 0. The van der Waals surface area contributed by atoms with Gasteiger partial charge >= 0.3 is 0 Å². The number of alkyl halides is 1. The minimum atomic E-state index is 0.410. The van der Waals surface area contributed by atoms with Crippen LogP contribution in [-0.4, -0.2) is 20.4 Å². The Kier molecular flexibility index (Phi) is 4.81. The van der Waals surface area contributed by atoms with Crippen LogP contribution in [-0.2, 0) is 6.42 Å². The molecule has 0 aliphatic rings. The summed E-state index contributed by atoms with van der Waals surface area (Å²) in [6, 6.07) is 4.37. The molecule has 2 aromatic rings. The second-order valence-corrected chi connectivity index (χ2v) is 5.38. The summed E-state index contributed by atoms with van der Waals surface area (Å²) in [4.78, 5) is 9.20. The lowest BCUT2D eigenvalue weighted by molar-refractivity contribution is 0.332. The van der Waals surface area contributed by atoms with Gasteiger partial charge < -0.3 is 4.57 Å². The Morgan fingerprint density at radius 1 is 1.32 bits per heavy atom. The number of aryl methyl sites for hydroxylation is 1. The fourth-order valence-corrected chi connectivity index (χ4v) is 3.02. The van der Waals surface area contributed by atoms with Crippen molar-refractivity contribution in [1.82, 2.24) is 14.5 Å². The molecule has 0 saturated heterocycles. The molecule has 0 fully saturated rings. The summed E-state index contributed by atoms with van der Waals surface area (Å²) >= 11 is 5.91. The number of aromatic nitrogens is 3. The van der Waals surface area contributed by atoms with Gasteiger partial charge in [-0.2, -0.15) is 0 Å². The zero-order valence-corrected chi connectivity index (χ0v) is 12.7. The summed E-state index contributed by atoms with van der Waals surface area (Å²) in [5.41, 5.74) is 1.96. The molecule has 0 N–H and O–H groups in total. The number of halogens is 1. The molecule has 2 rings (SSSR count). The Hall–Kier alpha value is -1.09. The van der Waals surface area contributed by atoms with Crippen LogP contribution in [0, 0.1) is 5.92 Å². The first-order valence-corrected chi connectivity index (χ1v) is 7.64. The van der Waals surface area contributed by atoms with Crippen molar-refractivity contribution in [1.29, 1.82) is 0 Å². The topological polar surface area (TPSA) is 30.7 Å². The maximum absolute atomic E-state index is 5.91.